The number of rotatable bonds is 5. The van der Waals surface area contributed by atoms with E-state index in [0.29, 0.717) is 17.2 Å². The Morgan fingerprint density at radius 3 is 2.62 bits per heavy atom. The van der Waals surface area contributed by atoms with Crippen molar-refractivity contribution in [3.05, 3.63) is 71.9 Å². The first-order chi connectivity index (χ1) is 15.4. The number of hydrogen-bond donors (Lipinski definition) is 2. The maximum atomic E-state index is 14.5. The van der Waals surface area contributed by atoms with Crippen LogP contribution in [0.5, 0.6) is 0 Å². The van der Waals surface area contributed by atoms with Crippen LogP contribution in [0.4, 0.5) is 10.1 Å². The van der Waals surface area contributed by atoms with E-state index < -0.39 is 11.7 Å². The smallest absolute Gasteiger partial charge is 0.274 e. The lowest BCUT2D eigenvalue weighted by molar-refractivity contribution is 0.102. The van der Waals surface area contributed by atoms with E-state index in [9.17, 15) is 9.18 Å². The van der Waals surface area contributed by atoms with Gasteiger partial charge in [-0.1, -0.05) is 19.1 Å². The summed E-state index contributed by atoms with van der Waals surface area (Å²) in [6.45, 7) is 2.21. The molecule has 0 bridgehead atoms. The van der Waals surface area contributed by atoms with Gasteiger partial charge in [-0.15, -0.1) is 11.8 Å². The minimum absolute atomic E-state index is 0.152. The van der Waals surface area contributed by atoms with Crippen LogP contribution in [0.15, 0.2) is 59.8 Å². The van der Waals surface area contributed by atoms with Crippen molar-refractivity contribution in [3.8, 4) is 11.3 Å². The number of anilines is 1. The average Bonchev–Trinajstić information content (AvgIpc) is 2.79. The zero-order valence-corrected chi connectivity index (χ0v) is 19.0. The highest BCUT2D eigenvalue weighted by Gasteiger charge is 2.27. The zero-order valence-electron chi connectivity index (χ0n) is 18.2. The number of pyridine rings is 2. The molecule has 2 heterocycles. The van der Waals surface area contributed by atoms with Crippen LogP contribution in [0.1, 0.15) is 48.2 Å². The fourth-order valence-corrected chi connectivity index (χ4v) is 4.89. The molecule has 0 spiro atoms. The van der Waals surface area contributed by atoms with Crippen LogP contribution in [0, 0.1) is 11.7 Å². The summed E-state index contributed by atoms with van der Waals surface area (Å²) >= 11 is 1.61. The zero-order chi connectivity index (χ0) is 22.7. The second kappa shape index (κ2) is 9.79. The molecule has 1 aliphatic carbocycles. The van der Waals surface area contributed by atoms with Gasteiger partial charge in [0.1, 0.15) is 17.2 Å². The van der Waals surface area contributed by atoms with Crippen molar-refractivity contribution in [1.82, 2.24) is 9.97 Å². The van der Waals surface area contributed by atoms with Crippen molar-refractivity contribution in [2.24, 2.45) is 11.7 Å². The summed E-state index contributed by atoms with van der Waals surface area (Å²) in [7, 11) is 0. The minimum atomic E-state index is -0.467. The van der Waals surface area contributed by atoms with Crippen LogP contribution in [0.3, 0.4) is 0 Å². The molecule has 3 atom stereocenters. The standard InChI is InChI=1S/C25H27FN4OS/c1-15-11-17(13-18(27)12-15)20-9-10-28-14-23(20)30-25(31)22-8-7-21(26)24(29-22)16-3-5-19(32-2)6-4-16/h3-10,14-15,17-18H,11-13,27H2,1-2H3,(H,30,31)/t15-,17+,18+/m0/s1. The van der Waals surface area contributed by atoms with Gasteiger partial charge in [0.15, 0.2) is 0 Å². The van der Waals surface area contributed by atoms with Crippen molar-refractivity contribution in [3.63, 3.8) is 0 Å². The Morgan fingerprint density at radius 1 is 1.12 bits per heavy atom. The molecule has 2 aromatic heterocycles. The number of amides is 1. The SMILES string of the molecule is CSc1ccc(-c2nc(C(=O)Nc3cnccc3[C@@H]3C[C@H](C)C[C@@H](N)C3)ccc2F)cc1. The van der Waals surface area contributed by atoms with E-state index in [1.807, 2.05) is 36.6 Å². The molecule has 4 rings (SSSR count). The van der Waals surface area contributed by atoms with E-state index in [0.717, 1.165) is 29.7 Å². The molecule has 7 heteroatoms. The molecule has 1 saturated carbocycles. The molecule has 32 heavy (non-hydrogen) atoms. The van der Waals surface area contributed by atoms with Crippen LogP contribution in [-0.2, 0) is 0 Å². The lowest BCUT2D eigenvalue weighted by atomic mass is 9.76. The Kier molecular flexibility index (Phi) is 6.86. The Labute approximate surface area is 192 Å². The summed E-state index contributed by atoms with van der Waals surface area (Å²) in [5.74, 6) is -0.0712. The summed E-state index contributed by atoms with van der Waals surface area (Å²) in [6.07, 6.45) is 8.29. The minimum Gasteiger partial charge on any atom is -0.328 e. The number of nitrogens with one attached hydrogen (secondary N) is 1. The van der Waals surface area contributed by atoms with Crippen molar-refractivity contribution in [1.29, 1.82) is 0 Å². The van der Waals surface area contributed by atoms with Crippen molar-refractivity contribution in [2.75, 3.05) is 11.6 Å². The number of hydrogen-bond acceptors (Lipinski definition) is 5. The third-order valence-corrected chi connectivity index (χ3v) is 6.71. The molecular formula is C25H27FN4OS. The van der Waals surface area contributed by atoms with Gasteiger partial charge in [0.05, 0.1) is 11.9 Å². The van der Waals surface area contributed by atoms with E-state index in [2.05, 4.69) is 22.2 Å². The normalized spacial score (nSPS) is 20.7. The quantitative estimate of drug-likeness (QED) is 0.503. The second-order valence-corrected chi connectivity index (χ2v) is 9.32. The van der Waals surface area contributed by atoms with E-state index >= 15 is 0 Å². The third-order valence-electron chi connectivity index (χ3n) is 5.96. The van der Waals surface area contributed by atoms with Gasteiger partial charge in [-0.25, -0.2) is 9.37 Å². The molecule has 0 unspecified atom stereocenters. The van der Waals surface area contributed by atoms with Gasteiger partial charge in [0, 0.05) is 22.7 Å². The molecule has 1 fully saturated rings. The molecule has 0 saturated heterocycles. The van der Waals surface area contributed by atoms with Gasteiger partial charge in [-0.3, -0.25) is 9.78 Å². The lowest BCUT2D eigenvalue weighted by Gasteiger charge is -2.32. The molecule has 3 aromatic rings. The number of aromatic nitrogens is 2. The third kappa shape index (κ3) is 5.00. The number of nitrogens with two attached hydrogens (primary N) is 1. The molecule has 3 N–H and O–H groups in total. The highest BCUT2D eigenvalue weighted by atomic mass is 32.2. The summed E-state index contributed by atoms with van der Waals surface area (Å²) < 4.78 is 14.5. The predicted octanol–water partition coefficient (Wildman–Crippen LogP) is 5.49. The Balaban J connectivity index is 1.59. The van der Waals surface area contributed by atoms with E-state index in [1.165, 1.54) is 12.1 Å². The average molecular weight is 451 g/mol. The highest BCUT2D eigenvalue weighted by Crippen LogP contribution is 2.38. The highest BCUT2D eigenvalue weighted by molar-refractivity contribution is 7.98. The molecular weight excluding hydrogens is 423 g/mol. The number of carbonyl (C=O) groups is 1. The molecule has 1 amide bonds. The van der Waals surface area contributed by atoms with Gasteiger partial charge in [-0.05, 0) is 73.2 Å². The molecule has 0 radical (unpaired) electrons. The molecule has 1 aliphatic rings. The van der Waals surface area contributed by atoms with E-state index in [1.54, 1.807) is 24.2 Å². The molecule has 166 valence electrons. The number of thioether (sulfide) groups is 1. The number of benzene rings is 1. The Bertz CT molecular complexity index is 1100. The van der Waals surface area contributed by atoms with Crippen molar-refractivity contribution < 1.29 is 9.18 Å². The summed E-state index contributed by atoms with van der Waals surface area (Å²) in [5, 5.41) is 2.94. The van der Waals surface area contributed by atoms with E-state index in [-0.39, 0.29) is 23.3 Å². The van der Waals surface area contributed by atoms with E-state index in [4.69, 9.17) is 5.73 Å². The van der Waals surface area contributed by atoms with Gasteiger partial charge < -0.3 is 11.1 Å². The first kappa shape index (κ1) is 22.4. The first-order valence-electron chi connectivity index (χ1n) is 10.8. The second-order valence-electron chi connectivity index (χ2n) is 8.44. The summed E-state index contributed by atoms with van der Waals surface area (Å²) in [4.78, 5) is 22.6. The first-order valence-corrected chi connectivity index (χ1v) is 12.0. The Hall–Kier alpha value is -2.77. The number of carbonyl (C=O) groups excluding carboxylic acids is 1. The number of nitrogens with zero attached hydrogens (tertiary/aromatic N) is 2. The van der Waals surface area contributed by atoms with Crippen molar-refractivity contribution in [2.45, 2.75) is 43.0 Å². The maximum absolute atomic E-state index is 14.5. The van der Waals surface area contributed by atoms with Crippen molar-refractivity contribution >= 4 is 23.4 Å². The topological polar surface area (TPSA) is 80.9 Å². The molecule has 0 aliphatic heterocycles. The monoisotopic (exact) mass is 450 g/mol. The maximum Gasteiger partial charge on any atom is 0.274 e. The largest absolute Gasteiger partial charge is 0.328 e. The van der Waals surface area contributed by atoms with Crippen LogP contribution in [0.25, 0.3) is 11.3 Å². The van der Waals surface area contributed by atoms with Crippen LogP contribution < -0.4 is 11.1 Å². The van der Waals surface area contributed by atoms with Crippen LogP contribution in [0.2, 0.25) is 0 Å². The predicted molar refractivity (Wildman–Crippen MR) is 127 cm³/mol. The summed E-state index contributed by atoms with van der Waals surface area (Å²) in [5.41, 5.74) is 8.87. The molecule has 1 aromatic carbocycles. The van der Waals surface area contributed by atoms with Gasteiger partial charge >= 0.3 is 0 Å². The fourth-order valence-electron chi connectivity index (χ4n) is 4.48. The fraction of sp³-hybridized carbons (Fsp3) is 0.320. The Morgan fingerprint density at radius 2 is 1.91 bits per heavy atom. The summed E-state index contributed by atoms with van der Waals surface area (Å²) in [6, 6.07) is 12.2. The van der Waals surface area contributed by atoms with Gasteiger partial charge in [0.25, 0.3) is 5.91 Å². The van der Waals surface area contributed by atoms with Crippen LogP contribution in [-0.4, -0.2) is 28.2 Å². The molecule has 5 nitrogen and oxygen atoms in total. The lowest BCUT2D eigenvalue weighted by Crippen LogP contribution is -2.31. The number of halogens is 1. The van der Waals surface area contributed by atoms with Crippen LogP contribution >= 0.6 is 11.8 Å². The van der Waals surface area contributed by atoms with Gasteiger partial charge in [0.2, 0.25) is 0 Å². The van der Waals surface area contributed by atoms with Gasteiger partial charge in [-0.2, -0.15) is 0 Å².